The molecule has 0 fully saturated rings. The highest BCUT2D eigenvalue weighted by atomic mass is 28.4. The van der Waals surface area contributed by atoms with Crippen LogP contribution in [0.15, 0.2) is 24.4 Å². The third-order valence-corrected chi connectivity index (χ3v) is 10.5. The minimum Gasteiger partial charge on any atom is -0.416 e. The van der Waals surface area contributed by atoms with Crippen molar-refractivity contribution in [3.05, 3.63) is 30.1 Å². The van der Waals surface area contributed by atoms with Gasteiger partial charge in [0.05, 0.1) is 0 Å². The highest BCUT2D eigenvalue weighted by Gasteiger charge is 2.44. The highest BCUT2D eigenvalue weighted by Crippen LogP contribution is 2.42. The molecule has 1 heterocycles. The fourth-order valence-corrected chi connectivity index (χ4v) is 9.00. The van der Waals surface area contributed by atoms with Crippen LogP contribution in [0, 0.1) is 11.8 Å². The van der Waals surface area contributed by atoms with Crippen molar-refractivity contribution in [2.45, 2.75) is 71.0 Å². The second kappa shape index (κ2) is 9.12. The zero-order valence-corrected chi connectivity index (χ0v) is 16.0. The lowest BCUT2D eigenvalue weighted by Gasteiger charge is -2.42. The van der Waals surface area contributed by atoms with Gasteiger partial charge in [0.1, 0.15) is 5.69 Å². The molecule has 0 N–H and O–H groups in total. The Morgan fingerprint density at radius 1 is 1.05 bits per heavy atom. The van der Waals surface area contributed by atoms with Gasteiger partial charge in [-0.05, 0) is 41.1 Å². The molecule has 0 saturated carbocycles. The normalized spacial score (nSPS) is 11.9. The lowest BCUT2D eigenvalue weighted by molar-refractivity contribution is 0.274. The molecule has 0 atom stereocenters. The van der Waals surface area contributed by atoms with E-state index in [2.05, 4.69) is 58.4 Å². The van der Waals surface area contributed by atoms with E-state index in [0.29, 0.717) is 16.6 Å². The van der Waals surface area contributed by atoms with Crippen molar-refractivity contribution in [1.82, 2.24) is 4.98 Å². The van der Waals surface area contributed by atoms with E-state index in [0.717, 1.165) is 25.1 Å². The molecule has 22 heavy (non-hydrogen) atoms. The molecule has 0 unspecified atom stereocenters. The van der Waals surface area contributed by atoms with Crippen LogP contribution in [-0.4, -0.2) is 19.9 Å². The molecule has 0 saturated heterocycles. The number of aromatic nitrogens is 1. The maximum Gasteiger partial charge on any atom is 0.200 e. The SMILES string of the molecule is CC(C)[Si](OCCCC#Cc1ccccn1)(C(C)C)C(C)C. The molecular weight excluding hydrogens is 286 g/mol. The third-order valence-electron chi connectivity index (χ3n) is 4.39. The first kappa shape index (κ1) is 18.9. The van der Waals surface area contributed by atoms with E-state index < -0.39 is 8.32 Å². The van der Waals surface area contributed by atoms with Crippen LogP contribution in [0.1, 0.15) is 60.1 Å². The van der Waals surface area contributed by atoms with Gasteiger partial charge in [-0.1, -0.05) is 53.5 Å². The second-order valence-corrected chi connectivity index (χ2v) is 12.2. The van der Waals surface area contributed by atoms with Gasteiger partial charge < -0.3 is 4.43 Å². The van der Waals surface area contributed by atoms with Crippen LogP contribution in [0.5, 0.6) is 0 Å². The average Bonchev–Trinajstić information content (AvgIpc) is 2.46. The van der Waals surface area contributed by atoms with Gasteiger partial charge in [-0.25, -0.2) is 4.98 Å². The van der Waals surface area contributed by atoms with Crippen LogP contribution in [-0.2, 0) is 4.43 Å². The summed E-state index contributed by atoms with van der Waals surface area (Å²) in [5.41, 5.74) is 2.78. The van der Waals surface area contributed by atoms with Gasteiger partial charge in [-0.15, -0.1) is 0 Å². The quantitative estimate of drug-likeness (QED) is 0.381. The summed E-state index contributed by atoms with van der Waals surface area (Å²) in [6, 6.07) is 5.82. The van der Waals surface area contributed by atoms with Crippen molar-refractivity contribution < 1.29 is 4.43 Å². The molecule has 0 aliphatic heterocycles. The Labute approximate surface area is 137 Å². The first-order chi connectivity index (χ1) is 10.4. The fourth-order valence-electron chi connectivity index (χ4n) is 3.50. The molecule has 3 heteroatoms. The Bertz CT molecular complexity index is 463. The van der Waals surface area contributed by atoms with Gasteiger partial charge >= 0.3 is 0 Å². The lowest BCUT2D eigenvalue weighted by atomic mass is 10.3. The highest BCUT2D eigenvalue weighted by molar-refractivity contribution is 6.77. The zero-order chi connectivity index (χ0) is 16.6. The van der Waals surface area contributed by atoms with Crippen LogP contribution in [0.3, 0.4) is 0 Å². The molecule has 1 aromatic rings. The van der Waals surface area contributed by atoms with Gasteiger partial charge in [-0.3, -0.25) is 0 Å². The summed E-state index contributed by atoms with van der Waals surface area (Å²) >= 11 is 0. The van der Waals surface area contributed by atoms with Crippen LogP contribution < -0.4 is 0 Å². The van der Waals surface area contributed by atoms with Crippen LogP contribution in [0.4, 0.5) is 0 Å². The van der Waals surface area contributed by atoms with E-state index in [9.17, 15) is 0 Å². The first-order valence-corrected chi connectivity index (χ1v) is 10.6. The first-order valence-electron chi connectivity index (χ1n) is 8.45. The molecule has 0 radical (unpaired) electrons. The lowest BCUT2D eigenvalue weighted by Crippen LogP contribution is -2.47. The molecule has 0 bridgehead atoms. The van der Waals surface area contributed by atoms with Crippen molar-refractivity contribution in [1.29, 1.82) is 0 Å². The van der Waals surface area contributed by atoms with Gasteiger partial charge in [-0.2, -0.15) is 0 Å². The second-order valence-electron chi connectivity index (χ2n) is 6.79. The number of nitrogens with zero attached hydrogens (tertiary/aromatic N) is 1. The topological polar surface area (TPSA) is 22.1 Å². The average molecular weight is 318 g/mol. The minimum atomic E-state index is -1.71. The molecular formula is C19H31NOSi. The monoisotopic (exact) mass is 317 g/mol. The van der Waals surface area contributed by atoms with Gasteiger partial charge in [0.25, 0.3) is 0 Å². The van der Waals surface area contributed by atoms with E-state index in [4.69, 9.17) is 4.43 Å². The summed E-state index contributed by atoms with van der Waals surface area (Å²) < 4.78 is 6.52. The van der Waals surface area contributed by atoms with Gasteiger partial charge in [0.2, 0.25) is 0 Å². The number of hydrogen-bond donors (Lipinski definition) is 0. The standard InChI is InChI=1S/C19H31NOSi/c1-16(2)22(17(3)4,18(5)6)21-15-11-7-8-12-19-13-9-10-14-20-19/h9-10,13-14,16-18H,7,11,15H2,1-6H3. The smallest absolute Gasteiger partial charge is 0.200 e. The molecule has 122 valence electrons. The van der Waals surface area contributed by atoms with Crippen LogP contribution in [0.25, 0.3) is 0 Å². The summed E-state index contributed by atoms with van der Waals surface area (Å²) in [5, 5.41) is 0. The van der Waals surface area contributed by atoms with Crippen molar-refractivity contribution in [2.24, 2.45) is 0 Å². The Morgan fingerprint density at radius 3 is 2.18 bits per heavy atom. The largest absolute Gasteiger partial charge is 0.416 e. The summed E-state index contributed by atoms with van der Waals surface area (Å²) in [4.78, 5) is 4.21. The Morgan fingerprint density at radius 2 is 1.68 bits per heavy atom. The Kier molecular flexibility index (Phi) is 7.85. The maximum absolute atomic E-state index is 6.52. The summed E-state index contributed by atoms with van der Waals surface area (Å²) in [6.07, 6.45) is 3.65. The van der Waals surface area contributed by atoms with Crippen molar-refractivity contribution in [2.75, 3.05) is 6.61 Å². The van der Waals surface area contributed by atoms with E-state index in [-0.39, 0.29) is 0 Å². The van der Waals surface area contributed by atoms with E-state index in [1.807, 2.05) is 18.2 Å². The molecule has 1 aromatic heterocycles. The van der Waals surface area contributed by atoms with Crippen molar-refractivity contribution in [3.63, 3.8) is 0 Å². The molecule has 0 spiro atoms. The van der Waals surface area contributed by atoms with Gasteiger partial charge in [0.15, 0.2) is 8.32 Å². The molecule has 0 aliphatic carbocycles. The van der Waals surface area contributed by atoms with Crippen molar-refractivity contribution in [3.8, 4) is 11.8 Å². The van der Waals surface area contributed by atoms with Crippen molar-refractivity contribution >= 4 is 8.32 Å². The fraction of sp³-hybridized carbons (Fsp3) is 0.632. The summed E-state index contributed by atoms with van der Waals surface area (Å²) in [6.45, 7) is 14.8. The Balaban J connectivity index is 2.49. The number of hydrogen-bond acceptors (Lipinski definition) is 2. The summed E-state index contributed by atoms with van der Waals surface area (Å²) in [5.74, 6) is 6.30. The van der Waals surface area contributed by atoms with E-state index in [1.54, 1.807) is 6.20 Å². The predicted molar refractivity (Wildman–Crippen MR) is 97.3 cm³/mol. The van der Waals surface area contributed by atoms with E-state index in [1.165, 1.54) is 0 Å². The van der Waals surface area contributed by atoms with Crippen LogP contribution in [0.2, 0.25) is 16.6 Å². The van der Waals surface area contributed by atoms with Crippen LogP contribution >= 0.6 is 0 Å². The molecule has 0 aromatic carbocycles. The molecule has 0 aliphatic rings. The Hall–Kier alpha value is -1.11. The van der Waals surface area contributed by atoms with Gasteiger partial charge in [0, 0.05) is 19.2 Å². The maximum atomic E-state index is 6.52. The van der Waals surface area contributed by atoms with E-state index >= 15 is 0 Å². The number of pyridine rings is 1. The predicted octanol–water partition coefficient (Wildman–Crippen LogP) is 5.41. The molecule has 2 nitrogen and oxygen atoms in total. The minimum absolute atomic E-state index is 0.645. The number of unbranched alkanes of at least 4 members (excludes halogenated alkanes) is 1. The summed E-state index contributed by atoms with van der Waals surface area (Å²) in [7, 11) is -1.71. The zero-order valence-electron chi connectivity index (χ0n) is 15.0. The third kappa shape index (κ3) is 4.96. The molecule has 0 amide bonds. The number of rotatable bonds is 7. The molecule has 1 rings (SSSR count).